The van der Waals surface area contributed by atoms with Crippen LogP contribution in [-0.2, 0) is 29.2 Å². The van der Waals surface area contributed by atoms with Gasteiger partial charge < -0.3 is 0 Å². The molecule has 1 aliphatic carbocycles. The first kappa shape index (κ1) is 23.9. The van der Waals surface area contributed by atoms with E-state index in [2.05, 4.69) is 41.1 Å². The molecular formula is C27H27F3N2O2S. The minimum atomic E-state index is -4.47. The molecule has 0 amide bonds. The number of piperidine rings is 1. The Hall–Kier alpha value is -2.84. The normalized spacial score (nSPS) is 19.5. The van der Waals surface area contributed by atoms with Crippen molar-refractivity contribution in [2.24, 2.45) is 5.92 Å². The number of benzene rings is 3. The summed E-state index contributed by atoms with van der Waals surface area (Å²) in [7, 11) is -3.92. The number of anilines is 1. The number of hydrogen-bond donors (Lipinski definition) is 1. The van der Waals surface area contributed by atoms with Crippen LogP contribution >= 0.6 is 0 Å². The van der Waals surface area contributed by atoms with Crippen molar-refractivity contribution in [3.05, 3.63) is 101 Å². The molecule has 3 aromatic rings. The molecule has 0 saturated carbocycles. The minimum Gasteiger partial charge on any atom is -0.271 e. The lowest BCUT2D eigenvalue weighted by molar-refractivity contribution is -0.137. The summed E-state index contributed by atoms with van der Waals surface area (Å²) >= 11 is 0. The number of alkyl halides is 3. The van der Waals surface area contributed by atoms with Crippen molar-refractivity contribution in [3.8, 4) is 0 Å². The van der Waals surface area contributed by atoms with Gasteiger partial charge in [-0.1, -0.05) is 48.5 Å². The van der Waals surface area contributed by atoms with E-state index in [4.69, 9.17) is 0 Å². The Morgan fingerprint density at radius 2 is 1.40 bits per heavy atom. The van der Waals surface area contributed by atoms with E-state index in [1.165, 1.54) is 26.6 Å². The zero-order valence-corrected chi connectivity index (χ0v) is 19.9. The van der Waals surface area contributed by atoms with Crippen molar-refractivity contribution in [2.75, 3.05) is 17.8 Å². The molecule has 0 spiro atoms. The molecule has 1 atom stereocenters. The van der Waals surface area contributed by atoms with Gasteiger partial charge in [-0.25, -0.2) is 0 Å². The lowest BCUT2D eigenvalue weighted by Crippen LogP contribution is -2.44. The highest BCUT2D eigenvalue weighted by Crippen LogP contribution is 2.42. The second-order valence-corrected chi connectivity index (χ2v) is 11.0. The van der Waals surface area contributed by atoms with Gasteiger partial charge in [-0.3, -0.25) is 4.72 Å². The fraction of sp³-hybridized carbons (Fsp3) is 0.333. The number of hydrogen-bond acceptors (Lipinski definition) is 2. The Morgan fingerprint density at radius 1 is 0.829 bits per heavy atom. The zero-order valence-electron chi connectivity index (χ0n) is 19.1. The van der Waals surface area contributed by atoms with Crippen LogP contribution in [0.3, 0.4) is 0 Å². The average Bonchev–Trinajstić information content (AvgIpc) is 3.01. The molecule has 184 valence electrons. The van der Waals surface area contributed by atoms with Gasteiger partial charge in [0.05, 0.1) is 5.56 Å². The summed E-state index contributed by atoms with van der Waals surface area (Å²) in [5.41, 5.74) is 4.43. The van der Waals surface area contributed by atoms with Gasteiger partial charge in [0.15, 0.2) is 0 Å². The number of rotatable bonds is 4. The predicted octanol–water partition coefficient (Wildman–Crippen LogP) is 6.00. The largest absolute Gasteiger partial charge is 0.416 e. The summed E-state index contributed by atoms with van der Waals surface area (Å²) in [5.74, 6) is 0.183. The van der Waals surface area contributed by atoms with E-state index in [0.29, 0.717) is 13.1 Å². The van der Waals surface area contributed by atoms with E-state index < -0.39 is 21.9 Å². The molecule has 1 fully saturated rings. The van der Waals surface area contributed by atoms with Gasteiger partial charge in [-0.05, 0) is 78.1 Å². The molecule has 0 bridgehead atoms. The molecule has 2 aliphatic rings. The van der Waals surface area contributed by atoms with Crippen molar-refractivity contribution in [3.63, 3.8) is 0 Å². The van der Waals surface area contributed by atoms with Crippen molar-refractivity contribution in [1.29, 1.82) is 0 Å². The first-order valence-corrected chi connectivity index (χ1v) is 13.3. The minimum absolute atomic E-state index is 0.0910. The smallest absolute Gasteiger partial charge is 0.271 e. The Bertz CT molecular complexity index is 1260. The molecule has 1 aliphatic heterocycles. The highest BCUT2D eigenvalue weighted by atomic mass is 32.2. The van der Waals surface area contributed by atoms with Gasteiger partial charge in [0.25, 0.3) is 0 Å². The molecule has 0 aromatic heterocycles. The summed E-state index contributed by atoms with van der Waals surface area (Å²) in [6.45, 7) is 0.728. The number of halogens is 3. The molecule has 8 heteroatoms. The van der Waals surface area contributed by atoms with Crippen molar-refractivity contribution < 1.29 is 21.6 Å². The SMILES string of the molecule is O=S(=O)(Nc1ccc(C(F)(F)F)cc1)N1CCCC(C2c3ccccc3CCc3ccccc32)C1. The van der Waals surface area contributed by atoms with Crippen LogP contribution in [0, 0.1) is 5.92 Å². The fourth-order valence-electron chi connectivity index (χ4n) is 5.48. The van der Waals surface area contributed by atoms with E-state index in [1.807, 2.05) is 12.1 Å². The van der Waals surface area contributed by atoms with Crippen LogP contribution in [0.25, 0.3) is 0 Å². The van der Waals surface area contributed by atoms with Crippen LogP contribution in [0.15, 0.2) is 72.8 Å². The highest BCUT2D eigenvalue weighted by molar-refractivity contribution is 7.90. The Balaban J connectivity index is 1.41. The summed E-state index contributed by atoms with van der Waals surface area (Å²) in [5, 5.41) is 0. The monoisotopic (exact) mass is 500 g/mol. The summed E-state index contributed by atoms with van der Waals surface area (Å²) in [6, 6.07) is 20.9. The summed E-state index contributed by atoms with van der Waals surface area (Å²) in [4.78, 5) is 0. The molecule has 5 rings (SSSR count). The second-order valence-electron chi connectivity index (χ2n) is 9.32. The van der Waals surface area contributed by atoms with E-state index in [1.54, 1.807) is 0 Å². The van der Waals surface area contributed by atoms with Crippen LogP contribution < -0.4 is 4.72 Å². The molecule has 4 nitrogen and oxygen atoms in total. The van der Waals surface area contributed by atoms with E-state index >= 15 is 0 Å². The maximum absolute atomic E-state index is 13.2. The molecule has 35 heavy (non-hydrogen) atoms. The lowest BCUT2D eigenvalue weighted by Gasteiger charge is -2.37. The summed E-state index contributed by atoms with van der Waals surface area (Å²) < 4.78 is 68.9. The molecular weight excluding hydrogens is 473 g/mol. The topological polar surface area (TPSA) is 49.4 Å². The maximum Gasteiger partial charge on any atom is 0.416 e. The molecule has 0 radical (unpaired) electrons. The third-order valence-corrected chi connectivity index (χ3v) is 8.64. The second kappa shape index (κ2) is 9.32. The van der Waals surface area contributed by atoms with E-state index in [-0.39, 0.29) is 17.5 Å². The Morgan fingerprint density at radius 3 is 1.97 bits per heavy atom. The molecule has 1 saturated heterocycles. The maximum atomic E-state index is 13.2. The molecule has 1 N–H and O–H groups in total. The van der Waals surface area contributed by atoms with Crippen molar-refractivity contribution >= 4 is 15.9 Å². The number of nitrogens with one attached hydrogen (secondary N) is 1. The molecule has 1 heterocycles. The lowest BCUT2D eigenvalue weighted by atomic mass is 9.76. The summed E-state index contributed by atoms with van der Waals surface area (Å²) in [6.07, 6.45) is -0.941. The molecule has 1 unspecified atom stereocenters. The first-order chi connectivity index (χ1) is 16.7. The Labute approximate surface area is 204 Å². The van der Waals surface area contributed by atoms with Crippen LogP contribution in [0.5, 0.6) is 0 Å². The van der Waals surface area contributed by atoms with Gasteiger partial charge in [0.1, 0.15) is 0 Å². The van der Waals surface area contributed by atoms with Crippen LogP contribution in [0.1, 0.15) is 46.6 Å². The zero-order chi connectivity index (χ0) is 24.6. The van der Waals surface area contributed by atoms with Gasteiger partial charge in [0, 0.05) is 24.7 Å². The van der Waals surface area contributed by atoms with Crippen molar-refractivity contribution in [1.82, 2.24) is 4.31 Å². The Kier molecular flexibility index (Phi) is 6.36. The standard InChI is InChI=1S/C27H27F3N2O2S/c28-27(29,30)22-13-15-23(16-14-22)31-35(33,34)32-17-5-8-21(18-32)26-24-9-3-1-6-19(24)11-12-20-7-2-4-10-25(20)26/h1-4,6-7,9-10,13-16,21,26,31H,5,8,11-12,17-18H2. The predicted molar refractivity (Wildman–Crippen MR) is 130 cm³/mol. The van der Waals surface area contributed by atoms with Gasteiger partial charge in [-0.15, -0.1) is 0 Å². The number of aryl methyl sites for hydroxylation is 2. The van der Waals surface area contributed by atoms with E-state index in [9.17, 15) is 21.6 Å². The van der Waals surface area contributed by atoms with Crippen LogP contribution in [0.4, 0.5) is 18.9 Å². The third kappa shape index (κ3) is 4.95. The van der Waals surface area contributed by atoms with Crippen molar-refractivity contribution in [2.45, 2.75) is 37.8 Å². The van der Waals surface area contributed by atoms with Gasteiger partial charge in [0.2, 0.25) is 0 Å². The third-order valence-electron chi connectivity index (χ3n) is 7.13. The van der Waals surface area contributed by atoms with Gasteiger partial charge in [-0.2, -0.15) is 25.9 Å². The van der Waals surface area contributed by atoms with Crippen LogP contribution in [-0.4, -0.2) is 25.8 Å². The van der Waals surface area contributed by atoms with Crippen LogP contribution in [0.2, 0.25) is 0 Å². The van der Waals surface area contributed by atoms with E-state index in [0.717, 1.165) is 49.9 Å². The van der Waals surface area contributed by atoms with Gasteiger partial charge >= 0.3 is 16.4 Å². The molecule has 3 aromatic carbocycles. The number of fused-ring (bicyclic) bond motifs is 2. The fourth-order valence-corrected chi connectivity index (χ4v) is 6.80. The highest BCUT2D eigenvalue weighted by Gasteiger charge is 2.37. The quantitative estimate of drug-likeness (QED) is 0.477. The first-order valence-electron chi connectivity index (χ1n) is 11.8. The number of nitrogens with zero attached hydrogens (tertiary/aromatic N) is 1. The average molecular weight is 501 g/mol.